The molecular formula is C19H21BrN4O3. The number of aromatic nitrogens is 1. The van der Waals surface area contributed by atoms with Crippen LogP contribution in [0.15, 0.2) is 41.0 Å². The summed E-state index contributed by atoms with van der Waals surface area (Å²) in [6, 6.07) is 9.47. The van der Waals surface area contributed by atoms with Gasteiger partial charge in [-0.2, -0.15) is 0 Å². The Labute approximate surface area is 166 Å². The van der Waals surface area contributed by atoms with Crippen LogP contribution in [0.5, 0.6) is 11.5 Å². The first kappa shape index (κ1) is 18.1. The average Bonchev–Trinajstić information content (AvgIpc) is 3.15. The van der Waals surface area contributed by atoms with E-state index in [1.54, 1.807) is 6.07 Å². The normalized spacial score (nSPS) is 16.4. The van der Waals surface area contributed by atoms with E-state index in [0.29, 0.717) is 17.9 Å². The maximum absolute atomic E-state index is 12.2. The lowest BCUT2D eigenvalue weighted by Crippen LogP contribution is -2.47. The fourth-order valence-electron chi connectivity index (χ4n) is 3.21. The van der Waals surface area contributed by atoms with Gasteiger partial charge in [-0.05, 0) is 40.2 Å². The molecule has 0 aliphatic carbocycles. The van der Waals surface area contributed by atoms with Crippen LogP contribution in [0.4, 0.5) is 11.5 Å². The number of hydrogen-bond acceptors (Lipinski definition) is 6. The van der Waals surface area contributed by atoms with E-state index in [1.807, 2.05) is 30.5 Å². The molecule has 3 heterocycles. The molecule has 1 fully saturated rings. The van der Waals surface area contributed by atoms with Gasteiger partial charge in [-0.15, -0.1) is 0 Å². The highest BCUT2D eigenvalue weighted by molar-refractivity contribution is 9.10. The summed E-state index contributed by atoms with van der Waals surface area (Å²) in [4.78, 5) is 21.3. The van der Waals surface area contributed by atoms with Crippen molar-refractivity contribution in [2.75, 3.05) is 49.7 Å². The van der Waals surface area contributed by atoms with Gasteiger partial charge in [-0.25, -0.2) is 4.98 Å². The van der Waals surface area contributed by atoms with Gasteiger partial charge in [0, 0.05) is 61.6 Å². The summed E-state index contributed by atoms with van der Waals surface area (Å²) >= 11 is 3.41. The Morgan fingerprint density at radius 2 is 1.93 bits per heavy atom. The quantitative estimate of drug-likeness (QED) is 0.783. The average molecular weight is 433 g/mol. The maximum atomic E-state index is 12.2. The zero-order valence-corrected chi connectivity index (χ0v) is 16.4. The van der Waals surface area contributed by atoms with Gasteiger partial charge in [0.1, 0.15) is 5.82 Å². The number of amides is 1. The number of pyridine rings is 1. The minimum Gasteiger partial charge on any atom is -0.454 e. The van der Waals surface area contributed by atoms with E-state index < -0.39 is 0 Å². The highest BCUT2D eigenvalue weighted by atomic mass is 79.9. The lowest BCUT2D eigenvalue weighted by atomic mass is 10.2. The minimum atomic E-state index is 0.00544. The fraction of sp³-hybridized carbons (Fsp3) is 0.368. The number of rotatable bonds is 5. The lowest BCUT2D eigenvalue weighted by molar-refractivity contribution is -0.116. The van der Waals surface area contributed by atoms with Gasteiger partial charge in [0.2, 0.25) is 12.7 Å². The molecule has 0 radical (unpaired) electrons. The van der Waals surface area contributed by atoms with Crippen molar-refractivity contribution in [1.82, 2.24) is 9.88 Å². The summed E-state index contributed by atoms with van der Waals surface area (Å²) in [5, 5.41) is 2.93. The molecule has 27 heavy (non-hydrogen) atoms. The molecule has 2 aliphatic rings. The zero-order valence-electron chi connectivity index (χ0n) is 14.9. The predicted octanol–water partition coefficient (Wildman–Crippen LogP) is 2.72. The summed E-state index contributed by atoms with van der Waals surface area (Å²) < 4.78 is 11.6. The Morgan fingerprint density at radius 3 is 2.70 bits per heavy atom. The van der Waals surface area contributed by atoms with Gasteiger partial charge < -0.3 is 19.7 Å². The lowest BCUT2D eigenvalue weighted by Gasteiger charge is -2.35. The Balaban J connectivity index is 1.21. The molecule has 0 saturated carbocycles. The van der Waals surface area contributed by atoms with E-state index in [9.17, 15) is 4.79 Å². The molecule has 2 aromatic rings. The number of fused-ring (bicyclic) bond motifs is 1. The van der Waals surface area contributed by atoms with Crippen molar-refractivity contribution in [3.8, 4) is 11.5 Å². The van der Waals surface area contributed by atoms with Crippen LogP contribution in [0.3, 0.4) is 0 Å². The van der Waals surface area contributed by atoms with E-state index >= 15 is 0 Å². The van der Waals surface area contributed by atoms with Crippen molar-refractivity contribution in [2.45, 2.75) is 6.42 Å². The Hall–Kier alpha value is -2.32. The van der Waals surface area contributed by atoms with Gasteiger partial charge in [0.25, 0.3) is 0 Å². The molecule has 1 aromatic carbocycles. The van der Waals surface area contributed by atoms with Crippen molar-refractivity contribution in [3.05, 3.63) is 41.0 Å². The first-order valence-corrected chi connectivity index (χ1v) is 9.75. The van der Waals surface area contributed by atoms with Crippen molar-refractivity contribution >= 4 is 33.3 Å². The molecule has 8 heteroatoms. The summed E-state index contributed by atoms with van der Waals surface area (Å²) in [5.41, 5.74) is 0.732. The number of piperazine rings is 1. The molecule has 0 spiro atoms. The molecular weight excluding hydrogens is 412 g/mol. The fourth-order valence-corrected chi connectivity index (χ4v) is 3.45. The van der Waals surface area contributed by atoms with Gasteiger partial charge in [0.15, 0.2) is 11.5 Å². The second-order valence-corrected chi connectivity index (χ2v) is 7.45. The topological polar surface area (TPSA) is 66.9 Å². The standard InChI is InChI=1S/C19H21BrN4O3/c20-14-1-4-18(21-12-14)24-9-7-23(8-10-24)6-5-19(25)22-15-2-3-16-17(11-15)27-13-26-16/h1-4,11-12H,5-10,13H2,(H,22,25). The van der Waals surface area contributed by atoms with Crippen molar-refractivity contribution in [3.63, 3.8) is 0 Å². The van der Waals surface area contributed by atoms with Crippen LogP contribution in [-0.2, 0) is 4.79 Å². The molecule has 2 aliphatic heterocycles. The van der Waals surface area contributed by atoms with Crippen LogP contribution in [0.1, 0.15) is 6.42 Å². The van der Waals surface area contributed by atoms with Gasteiger partial charge in [-0.3, -0.25) is 9.69 Å². The predicted molar refractivity (Wildman–Crippen MR) is 106 cm³/mol. The van der Waals surface area contributed by atoms with Crippen LogP contribution in [-0.4, -0.2) is 55.3 Å². The molecule has 1 amide bonds. The van der Waals surface area contributed by atoms with Crippen LogP contribution in [0.25, 0.3) is 0 Å². The Bertz CT molecular complexity index is 807. The maximum Gasteiger partial charge on any atom is 0.231 e. The number of benzene rings is 1. The summed E-state index contributed by atoms with van der Waals surface area (Å²) in [5.74, 6) is 2.39. The largest absolute Gasteiger partial charge is 0.454 e. The zero-order chi connectivity index (χ0) is 18.6. The third-order valence-corrected chi connectivity index (χ3v) is 5.19. The first-order chi connectivity index (χ1) is 13.2. The van der Waals surface area contributed by atoms with Crippen molar-refractivity contribution < 1.29 is 14.3 Å². The van der Waals surface area contributed by atoms with Crippen LogP contribution in [0.2, 0.25) is 0 Å². The van der Waals surface area contributed by atoms with Gasteiger partial charge in [0.05, 0.1) is 0 Å². The van der Waals surface area contributed by atoms with E-state index in [4.69, 9.17) is 9.47 Å². The highest BCUT2D eigenvalue weighted by Gasteiger charge is 2.19. The number of hydrogen-bond donors (Lipinski definition) is 1. The smallest absolute Gasteiger partial charge is 0.231 e. The second kappa shape index (κ2) is 8.14. The third kappa shape index (κ3) is 4.51. The van der Waals surface area contributed by atoms with Gasteiger partial charge in [-0.1, -0.05) is 0 Å². The molecule has 1 aromatic heterocycles. The number of carbonyl (C=O) groups excluding carboxylic acids is 1. The second-order valence-electron chi connectivity index (χ2n) is 6.53. The van der Waals surface area contributed by atoms with Crippen LogP contribution >= 0.6 is 15.9 Å². The molecule has 4 rings (SSSR count). The Morgan fingerprint density at radius 1 is 1.11 bits per heavy atom. The number of nitrogens with zero attached hydrogens (tertiary/aromatic N) is 3. The van der Waals surface area contributed by atoms with E-state index in [0.717, 1.165) is 48.7 Å². The number of halogens is 1. The molecule has 0 atom stereocenters. The molecule has 142 valence electrons. The summed E-state index contributed by atoms with van der Waals surface area (Å²) in [7, 11) is 0. The van der Waals surface area contributed by atoms with Crippen molar-refractivity contribution in [2.24, 2.45) is 0 Å². The molecule has 0 unspecified atom stereocenters. The van der Waals surface area contributed by atoms with E-state index in [2.05, 4.69) is 36.0 Å². The number of ether oxygens (including phenoxy) is 2. The van der Waals surface area contributed by atoms with Gasteiger partial charge >= 0.3 is 0 Å². The van der Waals surface area contributed by atoms with E-state index in [1.165, 1.54) is 0 Å². The molecule has 1 saturated heterocycles. The van der Waals surface area contributed by atoms with Crippen molar-refractivity contribution in [1.29, 1.82) is 0 Å². The van der Waals surface area contributed by atoms with Crippen LogP contribution < -0.4 is 19.7 Å². The Kier molecular flexibility index (Phi) is 5.45. The molecule has 0 bridgehead atoms. The number of anilines is 2. The van der Waals surface area contributed by atoms with Crippen LogP contribution in [0, 0.1) is 0 Å². The molecule has 7 nitrogen and oxygen atoms in total. The number of nitrogens with one attached hydrogen (secondary N) is 1. The minimum absolute atomic E-state index is 0.00544. The monoisotopic (exact) mass is 432 g/mol. The van der Waals surface area contributed by atoms with E-state index in [-0.39, 0.29) is 12.7 Å². The number of carbonyl (C=O) groups is 1. The first-order valence-electron chi connectivity index (χ1n) is 8.96. The third-order valence-electron chi connectivity index (χ3n) is 4.72. The SMILES string of the molecule is O=C(CCN1CCN(c2ccc(Br)cn2)CC1)Nc1ccc2c(c1)OCO2. The molecule has 1 N–H and O–H groups in total. The summed E-state index contributed by atoms with van der Waals surface area (Å²) in [6.45, 7) is 4.66. The summed E-state index contributed by atoms with van der Waals surface area (Å²) in [6.07, 6.45) is 2.28. The highest BCUT2D eigenvalue weighted by Crippen LogP contribution is 2.34.